The van der Waals surface area contributed by atoms with Gasteiger partial charge in [0.05, 0.1) is 13.7 Å². The second-order valence-corrected chi connectivity index (χ2v) is 8.81. The van der Waals surface area contributed by atoms with Gasteiger partial charge in [0.1, 0.15) is 11.3 Å². The summed E-state index contributed by atoms with van der Waals surface area (Å²) in [6, 6.07) is 15.5. The van der Waals surface area contributed by atoms with Gasteiger partial charge < -0.3 is 9.64 Å². The normalized spacial score (nSPS) is 12.6. The summed E-state index contributed by atoms with van der Waals surface area (Å²) in [7, 11) is 1.60. The molecule has 0 fully saturated rings. The number of hydrogen-bond donors (Lipinski definition) is 0. The molecule has 0 saturated heterocycles. The van der Waals surface area contributed by atoms with Crippen LogP contribution in [-0.4, -0.2) is 28.3 Å². The van der Waals surface area contributed by atoms with Crippen LogP contribution in [0, 0.1) is 0 Å². The third-order valence-electron chi connectivity index (χ3n) is 5.40. The van der Waals surface area contributed by atoms with E-state index in [1.165, 1.54) is 23.5 Å². The molecule has 160 valence electrons. The minimum Gasteiger partial charge on any atom is -0.497 e. The van der Waals surface area contributed by atoms with E-state index in [1.807, 2.05) is 36.4 Å². The lowest BCUT2D eigenvalue weighted by Crippen LogP contribution is -2.36. The van der Waals surface area contributed by atoms with Gasteiger partial charge in [-0.3, -0.25) is 14.2 Å². The first-order valence-corrected chi connectivity index (χ1v) is 11.2. The molecule has 6 nitrogen and oxygen atoms in total. The summed E-state index contributed by atoms with van der Waals surface area (Å²) in [4.78, 5) is 32.5. The monoisotopic (exact) mass is 435 g/mol. The Kier molecular flexibility index (Phi) is 6.13. The number of hydrogen-bond acceptors (Lipinski definition) is 5. The van der Waals surface area contributed by atoms with Crippen LogP contribution in [-0.2, 0) is 13.1 Å². The molecule has 31 heavy (non-hydrogen) atoms. The first-order chi connectivity index (χ1) is 15.0. The van der Waals surface area contributed by atoms with Gasteiger partial charge in [-0.05, 0) is 41.3 Å². The number of fused-ring (bicyclic) bond motifs is 1. The Balaban J connectivity index is 1.71. The zero-order valence-corrected chi connectivity index (χ0v) is 18.7. The molecule has 7 heteroatoms. The van der Waals surface area contributed by atoms with E-state index in [4.69, 9.17) is 4.74 Å². The third kappa shape index (κ3) is 4.37. The maximum absolute atomic E-state index is 13.5. The molecule has 0 atom stereocenters. The lowest BCUT2D eigenvalue weighted by molar-refractivity contribution is 0.0982. The Labute approximate surface area is 185 Å². The van der Waals surface area contributed by atoms with Crippen LogP contribution in [0.25, 0.3) is 0 Å². The van der Waals surface area contributed by atoms with Crippen molar-refractivity contribution in [2.45, 2.75) is 38.0 Å². The van der Waals surface area contributed by atoms with Crippen molar-refractivity contribution in [3.63, 3.8) is 0 Å². The van der Waals surface area contributed by atoms with Crippen LogP contribution in [0.15, 0.2) is 64.7 Å². The van der Waals surface area contributed by atoms with Crippen molar-refractivity contribution in [2.75, 3.05) is 17.8 Å². The molecule has 0 aliphatic carbocycles. The Hall–Kier alpha value is -3.06. The molecule has 3 aromatic rings. The predicted molar refractivity (Wildman–Crippen MR) is 123 cm³/mol. The van der Waals surface area contributed by atoms with Gasteiger partial charge in [0.2, 0.25) is 0 Å². The summed E-state index contributed by atoms with van der Waals surface area (Å²) in [5, 5.41) is 0.668. The number of thioether (sulfide) groups is 1. The van der Waals surface area contributed by atoms with Crippen LogP contribution in [0.3, 0.4) is 0 Å². The van der Waals surface area contributed by atoms with Gasteiger partial charge in [0.25, 0.3) is 11.5 Å². The molecule has 0 saturated carbocycles. The average Bonchev–Trinajstić information content (AvgIpc) is 3.28. The van der Waals surface area contributed by atoms with E-state index in [1.54, 1.807) is 16.6 Å². The highest BCUT2D eigenvalue weighted by molar-refractivity contribution is 7.99. The molecule has 0 bridgehead atoms. The predicted octanol–water partition coefficient (Wildman–Crippen LogP) is 4.33. The van der Waals surface area contributed by atoms with Crippen LogP contribution in [0.4, 0.5) is 5.69 Å². The van der Waals surface area contributed by atoms with Crippen molar-refractivity contribution >= 4 is 23.4 Å². The summed E-state index contributed by atoms with van der Waals surface area (Å²) < 4.78 is 6.83. The standard InChI is InChI=1S/C24H25N3O3S/c1-16(2)18-6-4-17(5-7-18)15-27(19-8-10-20(30-3)11-9-19)23(29)21-14-25-24-26(22(21)28)12-13-31-24/h4-11,14,16H,12-13,15H2,1-3H3. The van der Waals surface area contributed by atoms with E-state index in [9.17, 15) is 9.59 Å². The van der Waals surface area contributed by atoms with Gasteiger partial charge >= 0.3 is 0 Å². The fraction of sp³-hybridized carbons (Fsp3) is 0.292. The lowest BCUT2D eigenvalue weighted by Gasteiger charge is -2.23. The zero-order chi connectivity index (χ0) is 22.0. The molecule has 0 radical (unpaired) electrons. The molecule has 4 rings (SSSR count). The number of ether oxygens (including phenoxy) is 1. The highest BCUT2D eigenvalue weighted by atomic mass is 32.2. The molecule has 1 aromatic heterocycles. The summed E-state index contributed by atoms with van der Waals surface area (Å²) in [5.41, 5.74) is 2.72. The SMILES string of the molecule is COc1ccc(N(Cc2ccc(C(C)C)cc2)C(=O)c2cnc3n(c2=O)CCS3)cc1. The molecule has 1 amide bonds. The maximum atomic E-state index is 13.5. The van der Waals surface area contributed by atoms with Gasteiger partial charge in [0, 0.05) is 24.2 Å². The van der Waals surface area contributed by atoms with Crippen molar-refractivity contribution in [3.8, 4) is 5.75 Å². The molecule has 0 unspecified atom stereocenters. The van der Waals surface area contributed by atoms with Gasteiger partial charge in [-0.25, -0.2) is 4.98 Å². The summed E-state index contributed by atoms with van der Waals surface area (Å²) in [5.74, 6) is 1.57. The van der Waals surface area contributed by atoms with Gasteiger partial charge in [-0.2, -0.15) is 0 Å². The Morgan fingerprint density at radius 3 is 2.52 bits per heavy atom. The minimum absolute atomic E-state index is 0.0841. The third-order valence-corrected chi connectivity index (χ3v) is 6.37. The van der Waals surface area contributed by atoms with Crippen molar-refractivity contribution < 1.29 is 9.53 Å². The van der Waals surface area contributed by atoms with E-state index >= 15 is 0 Å². The number of nitrogens with zero attached hydrogens (tertiary/aromatic N) is 3. The number of aromatic nitrogens is 2. The zero-order valence-electron chi connectivity index (χ0n) is 17.9. The molecule has 2 heterocycles. The molecule has 2 aromatic carbocycles. The largest absolute Gasteiger partial charge is 0.497 e. The van der Waals surface area contributed by atoms with Crippen molar-refractivity contribution in [3.05, 3.63) is 81.8 Å². The maximum Gasteiger partial charge on any atom is 0.267 e. The first-order valence-electron chi connectivity index (χ1n) is 10.3. The van der Waals surface area contributed by atoms with Crippen molar-refractivity contribution in [1.29, 1.82) is 0 Å². The number of carbonyl (C=O) groups excluding carboxylic acids is 1. The number of amides is 1. The van der Waals surface area contributed by atoms with Crippen molar-refractivity contribution in [1.82, 2.24) is 9.55 Å². The van der Waals surface area contributed by atoms with Gasteiger partial charge in [0.15, 0.2) is 5.16 Å². The summed E-state index contributed by atoms with van der Waals surface area (Å²) in [6.07, 6.45) is 1.41. The number of carbonyl (C=O) groups is 1. The second-order valence-electron chi connectivity index (χ2n) is 7.75. The fourth-order valence-corrected chi connectivity index (χ4v) is 4.46. The highest BCUT2D eigenvalue weighted by Gasteiger charge is 2.25. The Morgan fingerprint density at radius 1 is 1.16 bits per heavy atom. The van der Waals surface area contributed by atoms with Crippen LogP contribution in [0.2, 0.25) is 0 Å². The van der Waals surface area contributed by atoms with Crippen LogP contribution >= 0.6 is 11.8 Å². The van der Waals surface area contributed by atoms with Gasteiger partial charge in [-0.1, -0.05) is 49.9 Å². The first kappa shape index (κ1) is 21.2. The minimum atomic E-state index is -0.359. The fourth-order valence-electron chi connectivity index (χ4n) is 3.54. The van der Waals surface area contributed by atoms with Crippen molar-refractivity contribution in [2.24, 2.45) is 0 Å². The van der Waals surface area contributed by atoms with Crippen LogP contribution < -0.4 is 15.2 Å². The van der Waals surface area contributed by atoms with E-state index in [0.717, 1.165) is 11.3 Å². The van der Waals surface area contributed by atoms with Crippen LogP contribution in [0.5, 0.6) is 5.75 Å². The van der Waals surface area contributed by atoms with E-state index < -0.39 is 0 Å². The molecule has 1 aliphatic heterocycles. The topological polar surface area (TPSA) is 64.4 Å². The second kappa shape index (κ2) is 8.98. The number of anilines is 1. The molecular formula is C24H25N3O3S. The average molecular weight is 436 g/mol. The number of benzene rings is 2. The van der Waals surface area contributed by atoms with E-state index in [-0.39, 0.29) is 17.0 Å². The number of methoxy groups -OCH3 is 1. The smallest absolute Gasteiger partial charge is 0.267 e. The van der Waals surface area contributed by atoms with E-state index in [2.05, 4.69) is 31.0 Å². The lowest BCUT2D eigenvalue weighted by atomic mass is 10.0. The molecule has 1 aliphatic rings. The van der Waals surface area contributed by atoms with Crippen LogP contribution in [0.1, 0.15) is 41.3 Å². The number of rotatable bonds is 6. The van der Waals surface area contributed by atoms with E-state index in [0.29, 0.717) is 35.6 Å². The molecule has 0 spiro atoms. The molecule has 0 N–H and O–H groups in total. The molecular weight excluding hydrogens is 410 g/mol. The highest BCUT2D eigenvalue weighted by Crippen LogP contribution is 2.25. The quantitative estimate of drug-likeness (QED) is 0.540. The summed E-state index contributed by atoms with van der Waals surface area (Å²) in [6.45, 7) is 5.22. The Morgan fingerprint density at radius 2 is 1.87 bits per heavy atom. The van der Waals surface area contributed by atoms with Gasteiger partial charge in [-0.15, -0.1) is 0 Å². The Bertz CT molecular complexity index is 1140. The summed E-state index contributed by atoms with van der Waals surface area (Å²) >= 11 is 1.53.